The SMILES string of the molecule is CCSC(C(=O)Nc1cc(C(=O)O)ccc1F)C(C)C. The number of hydrogen-bond acceptors (Lipinski definition) is 3. The van der Waals surface area contributed by atoms with Crippen LogP contribution in [0.5, 0.6) is 0 Å². The van der Waals surface area contributed by atoms with E-state index in [-0.39, 0.29) is 28.3 Å². The minimum absolute atomic E-state index is 0.0639. The monoisotopic (exact) mass is 299 g/mol. The summed E-state index contributed by atoms with van der Waals surface area (Å²) in [6.45, 7) is 5.77. The highest BCUT2D eigenvalue weighted by Gasteiger charge is 2.23. The Hall–Kier alpha value is -1.56. The molecule has 1 unspecified atom stereocenters. The maximum absolute atomic E-state index is 13.6. The number of benzene rings is 1. The molecule has 0 spiro atoms. The first-order chi connectivity index (χ1) is 9.36. The minimum Gasteiger partial charge on any atom is -0.478 e. The van der Waals surface area contributed by atoms with Gasteiger partial charge < -0.3 is 10.4 Å². The average Bonchev–Trinajstić information content (AvgIpc) is 2.37. The topological polar surface area (TPSA) is 66.4 Å². The van der Waals surface area contributed by atoms with Crippen molar-refractivity contribution in [1.29, 1.82) is 0 Å². The van der Waals surface area contributed by atoms with E-state index in [1.165, 1.54) is 11.8 Å². The molecule has 6 heteroatoms. The highest BCUT2D eigenvalue weighted by molar-refractivity contribution is 8.00. The van der Waals surface area contributed by atoms with Crippen LogP contribution in [0.3, 0.4) is 0 Å². The molecule has 0 aliphatic heterocycles. The third-order valence-corrected chi connectivity index (χ3v) is 4.13. The van der Waals surface area contributed by atoms with Crippen LogP contribution in [0.25, 0.3) is 0 Å². The molecule has 110 valence electrons. The van der Waals surface area contributed by atoms with Crippen molar-refractivity contribution in [2.75, 3.05) is 11.1 Å². The lowest BCUT2D eigenvalue weighted by atomic mass is 10.1. The third kappa shape index (κ3) is 4.23. The summed E-state index contributed by atoms with van der Waals surface area (Å²) < 4.78 is 13.6. The van der Waals surface area contributed by atoms with Crippen LogP contribution in [0.2, 0.25) is 0 Å². The van der Waals surface area contributed by atoms with E-state index in [0.717, 1.165) is 24.0 Å². The zero-order chi connectivity index (χ0) is 15.3. The Labute approximate surface area is 121 Å². The Kier molecular flexibility index (Phi) is 6.01. The van der Waals surface area contributed by atoms with E-state index in [0.29, 0.717) is 0 Å². The van der Waals surface area contributed by atoms with Gasteiger partial charge in [-0.05, 0) is 29.9 Å². The van der Waals surface area contributed by atoms with Gasteiger partial charge in [0.05, 0.1) is 16.5 Å². The second kappa shape index (κ2) is 7.28. The van der Waals surface area contributed by atoms with Crippen LogP contribution < -0.4 is 5.32 Å². The van der Waals surface area contributed by atoms with Crippen LogP contribution >= 0.6 is 11.8 Å². The number of anilines is 1. The summed E-state index contributed by atoms with van der Waals surface area (Å²) in [6.07, 6.45) is 0. The molecule has 4 nitrogen and oxygen atoms in total. The fraction of sp³-hybridized carbons (Fsp3) is 0.429. The molecule has 0 aliphatic carbocycles. The van der Waals surface area contributed by atoms with Crippen molar-refractivity contribution < 1.29 is 19.1 Å². The fourth-order valence-corrected chi connectivity index (χ4v) is 2.66. The van der Waals surface area contributed by atoms with E-state index in [4.69, 9.17) is 5.11 Å². The van der Waals surface area contributed by atoms with Crippen LogP contribution in [0.15, 0.2) is 18.2 Å². The van der Waals surface area contributed by atoms with Crippen molar-refractivity contribution in [3.8, 4) is 0 Å². The number of nitrogens with one attached hydrogen (secondary N) is 1. The van der Waals surface area contributed by atoms with E-state index < -0.39 is 11.8 Å². The van der Waals surface area contributed by atoms with E-state index in [2.05, 4.69) is 5.32 Å². The molecule has 2 N–H and O–H groups in total. The zero-order valence-corrected chi connectivity index (χ0v) is 12.5. The molecule has 0 aliphatic rings. The van der Waals surface area contributed by atoms with Crippen LogP contribution in [0.1, 0.15) is 31.1 Å². The van der Waals surface area contributed by atoms with E-state index in [1.54, 1.807) is 0 Å². The maximum Gasteiger partial charge on any atom is 0.335 e. The van der Waals surface area contributed by atoms with Gasteiger partial charge in [0.1, 0.15) is 5.82 Å². The molecule has 0 saturated carbocycles. The Morgan fingerprint density at radius 2 is 2.05 bits per heavy atom. The number of carbonyl (C=O) groups is 2. The highest BCUT2D eigenvalue weighted by atomic mass is 32.2. The first kappa shape index (κ1) is 16.5. The van der Waals surface area contributed by atoms with Crippen LogP contribution in [-0.2, 0) is 4.79 Å². The van der Waals surface area contributed by atoms with Crippen molar-refractivity contribution in [2.45, 2.75) is 26.0 Å². The van der Waals surface area contributed by atoms with Gasteiger partial charge in [-0.1, -0.05) is 20.8 Å². The first-order valence-corrected chi connectivity index (χ1v) is 7.37. The Bertz CT molecular complexity index is 505. The van der Waals surface area contributed by atoms with E-state index in [9.17, 15) is 14.0 Å². The van der Waals surface area contributed by atoms with Gasteiger partial charge in [-0.25, -0.2) is 9.18 Å². The standard InChI is InChI=1S/C14H18FNO3S/c1-4-20-12(8(2)3)13(17)16-11-7-9(14(18)19)5-6-10(11)15/h5-8,12H,4H2,1-3H3,(H,16,17)(H,18,19). The predicted octanol–water partition coefficient (Wildman–Crippen LogP) is 3.24. The smallest absolute Gasteiger partial charge is 0.335 e. The quantitative estimate of drug-likeness (QED) is 0.846. The van der Waals surface area contributed by atoms with Crippen LogP contribution in [0.4, 0.5) is 10.1 Å². The van der Waals surface area contributed by atoms with Crippen molar-refractivity contribution in [1.82, 2.24) is 0 Å². The summed E-state index contributed by atoms with van der Waals surface area (Å²) in [5, 5.41) is 11.1. The lowest BCUT2D eigenvalue weighted by molar-refractivity contribution is -0.116. The molecule has 1 rings (SSSR count). The van der Waals surface area contributed by atoms with Gasteiger partial charge in [0.2, 0.25) is 5.91 Å². The molecule has 0 radical (unpaired) electrons. The molecule has 0 heterocycles. The molecule has 1 aromatic rings. The summed E-state index contributed by atoms with van der Waals surface area (Å²) in [6, 6.07) is 3.33. The lowest BCUT2D eigenvalue weighted by Gasteiger charge is -2.19. The number of rotatable bonds is 6. The molecule has 1 aromatic carbocycles. The van der Waals surface area contributed by atoms with Crippen molar-refractivity contribution in [2.24, 2.45) is 5.92 Å². The van der Waals surface area contributed by atoms with Gasteiger partial charge in [-0.15, -0.1) is 11.8 Å². The van der Waals surface area contributed by atoms with Gasteiger partial charge >= 0.3 is 5.97 Å². The number of carboxylic acid groups (broad SMARTS) is 1. The molecule has 0 fully saturated rings. The Morgan fingerprint density at radius 1 is 1.40 bits per heavy atom. The Balaban J connectivity index is 2.94. The van der Waals surface area contributed by atoms with Gasteiger partial charge in [0, 0.05) is 0 Å². The van der Waals surface area contributed by atoms with Gasteiger partial charge in [0.25, 0.3) is 0 Å². The molecular weight excluding hydrogens is 281 g/mol. The third-order valence-electron chi connectivity index (χ3n) is 2.68. The zero-order valence-electron chi connectivity index (χ0n) is 11.6. The lowest BCUT2D eigenvalue weighted by Crippen LogP contribution is -2.30. The molecule has 1 atom stereocenters. The number of amides is 1. The molecule has 20 heavy (non-hydrogen) atoms. The van der Waals surface area contributed by atoms with E-state index >= 15 is 0 Å². The number of halogens is 1. The van der Waals surface area contributed by atoms with Crippen molar-refractivity contribution >= 4 is 29.3 Å². The molecule has 0 saturated heterocycles. The molecule has 1 amide bonds. The van der Waals surface area contributed by atoms with Crippen LogP contribution in [0, 0.1) is 11.7 Å². The van der Waals surface area contributed by atoms with Gasteiger partial charge in [-0.2, -0.15) is 0 Å². The summed E-state index contributed by atoms with van der Waals surface area (Å²) in [4.78, 5) is 23.0. The number of aromatic carboxylic acids is 1. The molecular formula is C14H18FNO3S. The largest absolute Gasteiger partial charge is 0.478 e. The van der Waals surface area contributed by atoms with Gasteiger partial charge in [0.15, 0.2) is 0 Å². The fourth-order valence-electron chi connectivity index (χ4n) is 1.71. The number of carbonyl (C=O) groups excluding carboxylic acids is 1. The summed E-state index contributed by atoms with van der Waals surface area (Å²) in [7, 11) is 0. The van der Waals surface area contributed by atoms with Gasteiger partial charge in [-0.3, -0.25) is 4.79 Å². The number of hydrogen-bond donors (Lipinski definition) is 2. The van der Waals surface area contributed by atoms with Crippen molar-refractivity contribution in [3.63, 3.8) is 0 Å². The first-order valence-electron chi connectivity index (χ1n) is 6.32. The predicted molar refractivity (Wildman–Crippen MR) is 78.7 cm³/mol. The maximum atomic E-state index is 13.6. The summed E-state index contributed by atoms with van der Waals surface area (Å²) >= 11 is 1.48. The minimum atomic E-state index is -1.16. The van der Waals surface area contributed by atoms with E-state index in [1.807, 2.05) is 20.8 Å². The highest BCUT2D eigenvalue weighted by Crippen LogP contribution is 2.23. The van der Waals surface area contributed by atoms with Crippen molar-refractivity contribution in [3.05, 3.63) is 29.6 Å². The van der Waals surface area contributed by atoms with Crippen LogP contribution in [-0.4, -0.2) is 28.0 Å². The Morgan fingerprint density at radius 3 is 2.55 bits per heavy atom. The number of carboxylic acids is 1. The number of thioether (sulfide) groups is 1. The molecule has 0 aromatic heterocycles. The summed E-state index contributed by atoms with van der Waals surface area (Å²) in [5.74, 6) is -1.25. The second-order valence-corrected chi connectivity index (χ2v) is 6.03. The summed E-state index contributed by atoms with van der Waals surface area (Å²) in [5.41, 5.74) is -0.164. The normalized spacial score (nSPS) is 12.2. The average molecular weight is 299 g/mol. The molecule has 0 bridgehead atoms. The second-order valence-electron chi connectivity index (χ2n) is 4.61.